The fraction of sp³-hybridized carbons (Fsp3) is 0.400. The first-order valence-electron chi connectivity index (χ1n) is 4.84. The second-order valence-corrected chi connectivity index (χ2v) is 3.18. The number of nitrogens with two attached hydrogens (primary N) is 1. The van der Waals surface area contributed by atoms with E-state index in [0.29, 0.717) is 0 Å². The minimum absolute atomic E-state index is 0.116. The lowest BCUT2D eigenvalue weighted by Gasteiger charge is -2.07. The van der Waals surface area contributed by atoms with Crippen molar-refractivity contribution < 1.29 is 22.7 Å². The van der Waals surface area contributed by atoms with Crippen molar-refractivity contribution in [3.8, 4) is 0 Å². The quantitative estimate of drug-likeness (QED) is 0.826. The number of esters is 1. The van der Waals surface area contributed by atoms with Gasteiger partial charge >= 0.3 is 5.97 Å². The molecule has 7 heteroatoms. The van der Waals surface area contributed by atoms with Crippen molar-refractivity contribution in [2.75, 3.05) is 12.3 Å². The number of nitrogen functional groups attached to an aromatic ring is 1. The number of alkyl halides is 2. The van der Waals surface area contributed by atoms with E-state index in [2.05, 4.69) is 9.72 Å². The van der Waals surface area contributed by atoms with Crippen LogP contribution in [0, 0.1) is 5.82 Å². The normalized spacial score (nSPS) is 10.6. The minimum atomic E-state index is -2.88. The van der Waals surface area contributed by atoms with E-state index in [1.807, 2.05) is 0 Å². The van der Waals surface area contributed by atoms with Crippen LogP contribution in [0.25, 0.3) is 0 Å². The molecule has 4 nitrogen and oxygen atoms in total. The van der Waals surface area contributed by atoms with Crippen molar-refractivity contribution in [1.29, 1.82) is 0 Å². The Labute approximate surface area is 95.6 Å². The molecule has 0 aromatic carbocycles. The zero-order chi connectivity index (χ0) is 13.0. The molecule has 0 radical (unpaired) electrons. The number of rotatable bonds is 4. The van der Waals surface area contributed by atoms with E-state index in [1.54, 1.807) is 6.92 Å². The number of ether oxygens (including phenoxy) is 1. The highest BCUT2D eigenvalue weighted by Crippen LogP contribution is 2.22. The molecule has 1 aromatic heterocycles. The number of anilines is 1. The maximum absolute atomic E-state index is 13.4. The van der Waals surface area contributed by atoms with Gasteiger partial charge in [-0.3, -0.25) is 4.79 Å². The topological polar surface area (TPSA) is 65.2 Å². The Morgan fingerprint density at radius 1 is 1.59 bits per heavy atom. The summed E-state index contributed by atoms with van der Waals surface area (Å²) < 4.78 is 42.7. The van der Waals surface area contributed by atoms with Gasteiger partial charge in [0.2, 0.25) is 0 Å². The molecule has 1 rings (SSSR count). The monoisotopic (exact) mass is 248 g/mol. The van der Waals surface area contributed by atoms with E-state index in [9.17, 15) is 18.0 Å². The Balaban J connectivity index is 3.01. The summed E-state index contributed by atoms with van der Waals surface area (Å²) in [5.41, 5.74) is 3.65. The molecule has 0 aliphatic heterocycles. The molecule has 1 heterocycles. The summed E-state index contributed by atoms with van der Waals surface area (Å²) in [4.78, 5) is 14.4. The molecule has 17 heavy (non-hydrogen) atoms. The molecule has 2 N–H and O–H groups in total. The first-order valence-corrected chi connectivity index (χ1v) is 4.84. The number of carbonyl (C=O) groups excluding carboxylic acids is 1. The highest BCUT2D eigenvalue weighted by Gasteiger charge is 2.18. The first-order chi connectivity index (χ1) is 7.95. The van der Waals surface area contributed by atoms with Crippen LogP contribution in [0.5, 0.6) is 0 Å². The van der Waals surface area contributed by atoms with Crippen molar-refractivity contribution >= 4 is 11.7 Å². The van der Waals surface area contributed by atoms with Crippen LogP contribution in [0.15, 0.2) is 6.07 Å². The van der Waals surface area contributed by atoms with Crippen LogP contribution in [0.1, 0.15) is 24.7 Å². The molecule has 0 aliphatic rings. The summed E-state index contributed by atoms with van der Waals surface area (Å²) in [6.07, 6.45) is -3.40. The molecule has 0 atom stereocenters. The van der Waals surface area contributed by atoms with Crippen LogP contribution in [0.4, 0.5) is 18.9 Å². The zero-order valence-electron chi connectivity index (χ0n) is 9.04. The molecular formula is C10H11F3N2O2. The fourth-order valence-corrected chi connectivity index (χ4v) is 1.20. The van der Waals surface area contributed by atoms with Crippen LogP contribution in [0.3, 0.4) is 0 Å². The molecule has 94 valence electrons. The van der Waals surface area contributed by atoms with Crippen molar-refractivity contribution in [1.82, 2.24) is 4.98 Å². The summed E-state index contributed by atoms with van der Waals surface area (Å²) in [6.45, 7) is 1.69. The molecular weight excluding hydrogens is 237 g/mol. The smallest absolute Gasteiger partial charge is 0.311 e. The van der Waals surface area contributed by atoms with Gasteiger partial charge < -0.3 is 10.5 Å². The number of aromatic nitrogens is 1. The fourth-order valence-electron chi connectivity index (χ4n) is 1.20. The average Bonchev–Trinajstić information content (AvgIpc) is 2.24. The third-order valence-corrected chi connectivity index (χ3v) is 1.91. The Morgan fingerprint density at radius 3 is 2.76 bits per heavy atom. The summed E-state index contributed by atoms with van der Waals surface area (Å²) in [5, 5.41) is 0. The Morgan fingerprint density at radius 2 is 2.24 bits per heavy atom. The Kier molecular flexibility index (Phi) is 4.30. The van der Waals surface area contributed by atoms with E-state index >= 15 is 0 Å². The molecule has 1 aromatic rings. The molecule has 0 saturated heterocycles. The predicted octanol–water partition coefficient (Wildman–Crippen LogP) is 1.85. The van der Waals surface area contributed by atoms with Crippen LogP contribution in [-0.2, 0) is 16.0 Å². The van der Waals surface area contributed by atoms with Gasteiger partial charge in [-0.15, -0.1) is 0 Å². The van der Waals surface area contributed by atoms with Crippen molar-refractivity contribution in [2.45, 2.75) is 19.8 Å². The Bertz CT molecular complexity index is 424. The molecule has 0 bridgehead atoms. The second-order valence-electron chi connectivity index (χ2n) is 3.18. The van der Waals surface area contributed by atoms with Crippen molar-refractivity contribution in [3.63, 3.8) is 0 Å². The number of hydrogen-bond donors (Lipinski definition) is 1. The summed E-state index contributed by atoms with van der Waals surface area (Å²) >= 11 is 0. The van der Waals surface area contributed by atoms with Gasteiger partial charge in [-0.2, -0.15) is 0 Å². The van der Waals surface area contributed by atoms with E-state index < -0.39 is 41.7 Å². The number of halogens is 3. The van der Waals surface area contributed by atoms with Gasteiger partial charge in [-0.1, -0.05) is 0 Å². The van der Waals surface area contributed by atoms with Gasteiger partial charge in [-0.05, 0) is 13.0 Å². The number of hydrogen-bond acceptors (Lipinski definition) is 4. The maximum atomic E-state index is 13.4. The number of carbonyl (C=O) groups is 1. The standard InChI is InChI=1S/C10H11F3N2O2/c1-2-17-8(16)4-6-9(11)5(14)3-7(15-6)10(12)13/h3,10H,2,4H2,1H3,(H2,14,15). The Hall–Kier alpha value is -1.79. The minimum Gasteiger partial charge on any atom is -0.466 e. The largest absolute Gasteiger partial charge is 0.466 e. The molecule has 0 aliphatic carbocycles. The van der Waals surface area contributed by atoms with Crippen molar-refractivity contribution in [3.05, 3.63) is 23.3 Å². The number of nitrogens with zero attached hydrogens (tertiary/aromatic N) is 1. The highest BCUT2D eigenvalue weighted by molar-refractivity contribution is 5.72. The van der Waals surface area contributed by atoms with Crippen LogP contribution in [0.2, 0.25) is 0 Å². The van der Waals surface area contributed by atoms with Crippen LogP contribution in [-0.4, -0.2) is 17.6 Å². The van der Waals surface area contributed by atoms with Gasteiger partial charge in [0.15, 0.2) is 5.82 Å². The second kappa shape index (κ2) is 5.51. The zero-order valence-corrected chi connectivity index (χ0v) is 9.04. The summed E-state index contributed by atoms with van der Waals surface area (Å²) in [7, 11) is 0. The van der Waals surface area contributed by atoms with E-state index in [4.69, 9.17) is 5.73 Å². The molecule has 0 saturated carbocycles. The first kappa shape index (κ1) is 13.3. The van der Waals surface area contributed by atoms with Crippen molar-refractivity contribution in [2.24, 2.45) is 0 Å². The van der Waals surface area contributed by atoms with E-state index in [0.717, 1.165) is 6.07 Å². The average molecular weight is 248 g/mol. The van der Waals surface area contributed by atoms with E-state index in [-0.39, 0.29) is 6.61 Å². The lowest BCUT2D eigenvalue weighted by Crippen LogP contribution is -2.12. The van der Waals surface area contributed by atoms with Crippen LogP contribution < -0.4 is 5.73 Å². The molecule has 0 fully saturated rings. The van der Waals surface area contributed by atoms with Gasteiger partial charge in [-0.25, -0.2) is 18.2 Å². The van der Waals surface area contributed by atoms with Crippen LogP contribution >= 0.6 is 0 Å². The van der Waals surface area contributed by atoms with Gasteiger partial charge in [0.05, 0.1) is 24.4 Å². The van der Waals surface area contributed by atoms with Gasteiger partial charge in [0.1, 0.15) is 5.69 Å². The summed E-state index contributed by atoms with van der Waals surface area (Å²) in [6, 6.07) is 0.745. The third kappa shape index (κ3) is 3.33. The third-order valence-electron chi connectivity index (χ3n) is 1.91. The molecule has 0 amide bonds. The summed E-state index contributed by atoms with van der Waals surface area (Å²) in [5.74, 6) is -1.72. The SMILES string of the molecule is CCOC(=O)Cc1nc(C(F)F)cc(N)c1F. The lowest BCUT2D eigenvalue weighted by molar-refractivity contribution is -0.142. The maximum Gasteiger partial charge on any atom is 0.311 e. The molecule has 0 unspecified atom stereocenters. The van der Waals surface area contributed by atoms with E-state index in [1.165, 1.54) is 0 Å². The highest BCUT2D eigenvalue weighted by atomic mass is 19.3. The number of pyridine rings is 1. The van der Waals surface area contributed by atoms with Gasteiger partial charge in [0, 0.05) is 0 Å². The lowest BCUT2D eigenvalue weighted by atomic mass is 10.2. The molecule has 0 spiro atoms. The predicted molar refractivity (Wildman–Crippen MR) is 53.9 cm³/mol. The van der Waals surface area contributed by atoms with Gasteiger partial charge in [0.25, 0.3) is 6.43 Å².